The van der Waals surface area contributed by atoms with Gasteiger partial charge in [-0.1, -0.05) is 12.8 Å². The summed E-state index contributed by atoms with van der Waals surface area (Å²) >= 11 is 0. The molecule has 4 heteroatoms. The van der Waals surface area contributed by atoms with Crippen LogP contribution in [0.5, 0.6) is 0 Å². The molecule has 0 unspecified atom stereocenters. The molecular weight excluding hydrogens is 216 g/mol. The summed E-state index contributed by atoms with van der Waals surface area (Å²) in [6.07, 6.45) is 4.95. The molecule has 0 aromatic carbocycles. The summed E-state index contributed by atoms with van der Waals surface area (Å²) in [6, 6.07) is 0. The highest BCUT2D eigenvalue weighted by molar-refractivity contribution is 5.77. The molecule has 1 saturated heterocycles. The molecule has 0 saturated carbocycles. The summed E-state index contributed by atoms with van der Waals surface area (Å²) in [5.41, 5.74) is 5.29. The van der Waals surface area contributed by atoms with Crippen LogP contribution < -0.4 is 5.73 Å². The number of carbonyl (C=O) groups excluding carboxylic acids is 1. The molecule has 1 rings (SSSR count). The molecule has 1 fully saturated rings. The van der Waals surface area contributed by atoms with Crippen molar-refractivity contribution in [1.29, 1.82) is 0 Å². The van der Waals surface area contributed by atoms with Crippen molar-refractivity contribution < 1.29 is 9.53 Å². The van der Waals surface area contributed by atoms with E-state index in [1.54, 1.807) is 0 Å². The van der Waals surface area contributed by atoms with E-state index < -0.39 is 0 Å². The Hall–Kier alpha value is -0.610. The number of amides is 1. The van der Waals surface area contributed by atoms with Gasteiger partial charge in [-0.05, 0) is 33.2 Å². The molecular formula is C13H26N2O2. The fraction of sp³-hybridized carbons (Fsp3) is 0.923. The molecule has 1 aliphatic rings. The number of morpholine rings is 1. The van der Waals surface area contributed by atoms with Crippen LogP contribution in [0.4, 0.5) is 0 Å². The number of nitrogens with two attached hydrogens (primary N) is 1. The topological polar surface area (TPSA) is 55.6 Å². The maximum atomic E-state index is 12.1. The Morgan fingerprint density at radius 3 is 2.65 bits per heavy atom. The van der Waals surface area contributed by atoms with Crippen molar-refractivity contribution in [3.63, 3.8) is 0 Å². The molecule has 0 spiro atoms. The third kappa shape index (κ3) is 4.64. The van der Waals surface area contributed by atoms with Gasteiger partial charge in [0.25, 0.3) is 0 Å². The third-order valence-electron chi connectivity index (χ3n) is 3.29. The number of unbranched alkanes of at least 4 members (excludes halogenated alkanes) is 3. The Morgan fingerprint density at radius 2 is 2.00 bits per heavy atom. The number of nitrogens with zero attached hydrogens (tertiary/aromatic N) is 1. The van der Waals surface area contributed by atoms with Crippen LogP contribution in [0.3, 0.4) is 0 Å². The third-order valence-corrected chi connectivity index (χ3v) is 3.29. The molecule has 0 aromatic rings. The Labute approximate surface area is 104 Å². The number of carbonyl (C=O) groups is 1. The highest BCUT2D eigenvalue weighted by Crippen LogP contribution is 2.20. The minimum Gasteiger partial charge on any atom is -0.377 e. The van der Waals surface area contributed by atoms with Gasteiger partial charge >= 0.3 is 0 Å². The lowest BCUT2D eigenvalue weighted by Crippen LogP contribution is -2.55. The van der Waals surface area contributed by atoms with Crippen LogP contribution in [-0.4, -0.2) is 42.6 Å². The fourth-order valence-electron chi connectivity index (χ4n) is 2.23. The molecule has 17 heavy (non-hydrogen) atoms. The molecule has 0 aliphatic carbocycles. The van der Waals surface area contributed by atoms with Crippen molar-refractivity contribution >= 4 is 5.91 Å². The fourth-order valence-corrected chi connectivity index (χ4v) is 2.23. The van der Waals surface area contributed by atoms with Gasteiger partial charge in [0, 0.05) is 13.0 Å². The van der Waals surface area contributed by atoms with Crippen LogP contribution in [-0.2, 0) is 9.53 Å². The summed E-state index contributed by atoms with van der Waals surface area (Å²) in [7, 11) is 0. The summed E-state index contributed by atoms with van der Waals surface area (Å²) < 4.78 is 5.41. The lowest BCUT2D eigenvalue weighted by molar-refractivity contribution is -0.146. The van der Waals surface area contributed by atoms with Gasteiger partial charge in [0.05, 0.1) is 18.8 Å². The van der Waals surface area contributed by atoms with E-state index in [4.69, 9.17) is 10.5 Å². The highest BCUT2D eigenvalue weighted by Gasteiger charge is 2.33. The Bertz CT molecular complexity index is 242. The van der Waals surface area contributed by atoms with E-state index in [0.29, 0.717) is 19.6 Å². The maximum absolute atomic E-state index is 12.1. The largest absolute Gasteiger partial charge is 0.377 e. The second kappa shape index (κ2) is 6.97. The molecule has 0 bridgehead atoms. The lowest BCUT2D eigenvalue weighted by atomic mass is 10.0. The van der Waals surface area contributed by atoms with Gasteiger partial charge in [0.1, 0.15) is 0 Å². The molecule has 0 radical (unpaired) electrons. The molecule has 1 heterocycles. The maximum Gasteiger partial charge on any atom is 0.223 e. The van der Waals surface area contributed by atoms with Gasteiger partial charge in [-0.25, -0.2) is 0 Å². The Balaban J connectivity index is 2.26. The van der Waals surface area contributed by atoms with Crippen molar-refractivity contribution in [1.82, 2.24) is 4.90 Å². The first-order valence-corrected chi connectivity index (χ1v) is 6.66. The van der Waals surface area contributed by atoms with E-state index in [2.05, 4.69) is 13.8 Å². The van der Waals surface area contributed by atoms with Crippen LogP contribution >= 0.6 is 0 Å². The second-order valence-corrected chi connectivity index (χ2v) is 5.36. The standard InChI is InChI=1S/C13H26N2O2/c1-13(2)11-17-10-9-15(13)12(16)7-5-3-4-6-8-14/h3-11,14H2,1-2H3. The zero-order chi connectivity index (χ0) is 12.7. The van der Waals surface area contributed by atoms with Crippen molar-refractivity contribution in [2.75, 3.05) is 26.3 Å². The number of hydrogen-bond donors (Lipinski definition) is 1. The van der Waals surface area contributed by atoms with Gasteiger partial charge in [0.2, 0.25) is 5.91 Å². The summed E-state index contributed by atoms with van der Waals surface area (Å²) in [6.45, 7) is 6.93. The number of rotatable bonds is 6. The zero-order valence-corrected chi connectivity index (χ0v) is 11.2. The average Bonchev–Trinajstić information content (AvgIpc) is 2.28. The monoisotopic (exact) mass is 242 g/mol. The lowest BCUT2D eigenvalue weighted by Gasteiger charge is -2.42. The quantitative estimate of drug-likeness (QED) is 0.719. The van der Waals surface area contributed by atoms with Crippen molar-refractivity contribution in [2.45, 2.75) is 51.5 Å². The van der Waals surface area contributed by atoms with Gasteiger partial charge in [-0.15, -0.1) is 0 Å². The predicted octanol–water partition coefficient (Wildman–Crippen LogP) is 1.53. The molecule has 4 nitrogen and oxygen atoms in total. The van der Waals surface area contributed by atoms with Crippen molar-refractivity contribution in [3.05, 3.63) is 0 Å². The first-order valence-electron chi connectivity index (χ1n) is 6.66. The van der Waals surface area contributed by atoms with E-state index in [0.717, 1.165) is 38.8 Å². The van der Waals surface area contributed by atoms with Gasteiger partial charge < -0.3 is 15.4 Å². The van der Waals surface area contributed by atoms with E-state index in [9.17, 15) is 4.79 Å². The SMILES string of the molecule is CC1(C)COCCN1C(=O)CCCCCCN. The molecule has 0 aromatic heterocycles. The number of ether oxygens (including phenoxy) is 1. The van der Waals surface area contributed by atoms with E-state index in [1.807, 2.05) is 4.90 Å². The minimum absolute atomic E-state index is 0.146. The van der Waals surface area contributed by atoms with Crippen molar-refractivity contribution in [3.8, 4) is 0 Å². The van der Waals surface area contributed by atoms with Gasteiger partial charge in [-0.3, -0.25) is 4.79 Å². The van der Waals surface area contributed by atoms with Gasteiger partial charge in [-0.2, -0.15) is 0 Å². The van der Waals surface area contributed by atoms with Crippen LogP contribution in [0.25, 0.3) is 0 Å². The van der Waals surface area contributed by atoms with Crippen LogP contribution in [0, 0.1) is 0 Å². The number of hydrogen-bond acceptors (Lipinski definition) is 3. The normalized spacial score (nSPS) is 19.4. The predicted molar refractivity (Wildman–Crippen MR) is 68.8 cm³/mol. The molecule has 0 atom stereocenters. The Kier molecular flexibility index (Phi) is 5.92. The van der Waals surface area contributed by atoms with E-state index in [1.165, 1.54) is 0 Å². The summed E-state index contributed by atoms with van der Waals surface area (Å²) in [4.78, 5) is 14.1. The Morgan fingerprint density at radius 1 is 1.29 bits per heavy atom. The molecule has 1 amide bonds. The van der Waals surface area contributed by atoms with Crippen molar-refractivity contribution in [2.24, 2.45) is 5.73 Å². The summed E-state index contributed by atoms with van der Waals surface area (Å²) in [5.74, 6) is 0.269. The molecule has 100 valence electrons. The van der Waals surface area contributed by atoms with E-state index in [-0.39, 0.29) is 11.4 Å². The van der Waals surface area contributed by atoms with E-state index >= 15 is 0 Å². The van der Waals surface area contributed by atoms with Crippen LogP contribution in [0.2, 0.25) is 0 Å². The van der Waals surface area contributed by atoms with Crippen LogP contribution in [0.1, 0.15) is 46.0 Å². The zero-order valence-electron chi connectivity index (χ0n) is 11.2. The second-order valence-electron chi connectivity index (χ2n) is 5.36. The van der Waals surface area contributed by atoms with Gasteiger partial charge in [0.15, 0.2) is 0 Å². The minimum atomic E-state index is -0.146. The highest BCUT2D eigenvalue weighted by atomic mass is 16.5. The molecule has 2 N–H and O–H groups in total. The molecule has 1 aliphatic heterocycles. The average molecular weight is 242 g/mol. The first kappa shape index (κ1) is 14.5. The summed E-state index contributed by atoms with van der Waals surface area (Å²) in [5, 5.41) is 0. The van der Waals surface area contributed by atoms with Crippen LogP contribution in [0.15, 0.2) is 0 Å². The first-order chi connectivity index (χ1) is 8.08. The smallest absolute Gasteiger partial charge is 0.223 e.